The van der Waals surface area contributed by atoms with Gasteiger partial charge in [-0.3, -0.25) is 4.79 Å². The van der Waals surface area contributed by atoms with E-state index >= 15 is 0 Å². The van der Waals surface area contributed by atoms with Gasteiger partial charge in [0, 0.05) is 6.54 Å². The Labute approximate surface area is 93.0 Å². The minimum Gasteiger partial charge on any atom is -0.480 e. The first kappa shape index (κ1) is 12.7. The number of hydrogen-bond acceptors (Lipinski definition) is 4. The van der Waals surface area contributed by atoms with Gasteiger partial charge in [0.1, 0.15) is 6.04 Å². The minimum atomic E-state index is -1.10. The number of hydrogen-bond donors (Lipinski definition) is 3. The number of morpholine rings is 1. The second kappa shape index (κ2) is 5.66. The Morgan fingerprint density at radius 3 is 2.88 bits per heavy atom. The Hall–Kier alpha value is -1.34. The molecular weight excluding hydrogens is 216 g/mol. The number of aliphatic hydroxyl groups excluding tert-OH is 1. The number of carbonyl (C=O) groups excluding carboxylic acids is 1. The highest BCUT2D eigenvalue weighted by Crippen LogP contribution is 2.06. The van der Waals surface area contributed by atoms with Crippen molar-refractivity contribution in [3.63, 3.8) is 0 Å². The average molecular weight is 232 g/mol. The quantitative estimate of drug-likeness (QED) is 0.571. The Kier molecular flexibility index (Phi) is 4.51. The predicted molar refractivity (Wildman–Crippen MR) is 54.0 cm³/mol. The molecule has 7 nitrogen and oxygen atoms in total. The molecule has 7 heteroatoms. The zero-order chi connectivity index (χ0) is 12.1. The Bertz CT molecular complexity index is 271. The van der Waals surface area contributed by atoms with Crippen molar-refractivity contribution in [1.29, 1.82) is 0 Å². The number of aliphatic hydroxyl groups is 1. The lowest BCUT2D eigenvalue weighted by Crippen LogP contribution is -2.56. The number of amides is 2. The van der Waals surface area contributed by atoms with Crippen LogP contribution < -0.4 is 5.32 Å². The molecule has 1 aliphatic heterocycles. The number of rotatable bonds is 3. The molecule has 0 radical (unpaired) electrons. The van der Waals surface area contributed by atoms with Crippen molar-refractivity contribution < 1.29 is 24.5 Å². The maximum Gasteiger partial charge on any atom is 0.325 e. The zero-order valence-electron chi connectivity index (χ0n) is 9.05. The number of nitrogens with zero attached hydrogens (tertiary/aromatic N) is 1. The predicted octanol–water partition coefficient (Wildman–Crippen LogP) is -1.14. The second-order valence-electron chi connectivity index (χ2n) is 3.61. The first-order valence-electron chi connectivity index (χ1n) is 5.04. The highest BCUT2D eigenvalue weighted by molar-refractivity contribution is 5.82. The summed E-state index contributed by atoms with van der Waals surface area (Å²) >= 11 is 0. The molecule has 1 aliphatic rings. The van der Waals surface area contributed by atoms with Crippen LogP contribution in [0.25, 0.3) is 0 Å². The molecule has 1 saturated heterocycles. The zero-order valence-corrected chi connectivity index (χ0v) is 9.05. The van der Waals surface area contributed by atoms with Gasteiger partial charge >= 0.3 is 12.0 Å². The highest BCUT2D eigenvalue weighted by atomic mass is 16.5. The van der Waals surface area contributed by atoms with Crippen LogP contribution in [-0.4, -0.2) is 65.6 Å². The Morgan fingerprint density at radius 1 is 1.62 bits per heavy atom. The first-order chi connectivity index (χ1) is 7.56. The van der Waals surface area contributed by atoms with Gasteiger partial charge in [0.05, 0.1) is 25.9 Å². The smallest absolute Gasteiger partial charge is 0.325 e. The number of carbonyl (C=O) groups is 2. The van der Waals surface area contributed by atoms with E-state index in [1.165, 1.54) is 11.8 Å². The van der Waals surface area contributed by atoms with Crippen molar-refractivity contribution in [3.05, 3.63) is 0 Å². The van der Waals surface area contributed by atoms with Crippen LogP contribution in [0.3, 0.4) is 0 Å². The van der Waals surface area contributed by atoms with Gasteiger partial charge < -0.3 is 25.2 Å². The third-order valence-corrected chi connectivity index (χ3v) is 2.41. The third kappa shape index (κ3) is 3.07. The number of nitrogens with one attached hydrogen (secondary N) is 1. The van der Waals surface area contributed by atoms with E-state index in [4.69, 9.17) is 14.9 Å². The van der Waals surface area contributed by atoms with Crippen LogP contribution in [-0.2, 0) is 9.53 Å². The molecule has 1 rings (SSSR count). The number of ether oxygens (including phenoxy) is 1. The summed E-state index contributed by atoms with van der Waals surface area (Å²) < 4.78 is 5.11. The molecule has 0 spiro atoms. The van der Waals surface area contributed by atoms with Crippen molar-refractivity contribution >= 4 is 12.0 Å². The molecule has 92 valence electrons. The van der Waals surface area contributed by atoms with Crippen LogP contribution in [0.15, 0.2) is 0 Å². The summed E-state index contributed by atoms with van der Waals surface area (Å²) in [7, 11) is 0. The number of aliphatic carboxylic acids is 1. The lowest BCUT2D eigenvalue weighted by molar-refractivity contribution is -0.138. The third-order valence-electron chi connectivity index (χ3n) is 2.41. The number of urea groups is 1. The van der Waals surface area contributed by atoms with Gasteiger partial charge in [-0.2, -0.15) is 0 Å². The molecule has 2 atom stereocenters. The fourth-order valence-electron chi connectivity index (χ4n) is 1.40. The summed E-state index contributed by atoms with van der Waals surface area (Å²) in [5, 5.41) is 20.0. The van der Waals surface area contributed by atoms with E-state index in [-0.39, 0.29) is 13.2 Å². The van der Waals surface area contributed by atoms with E-state index in [9.17, 15) is 9.59 Å². The van der Waals surface area contributed by atoms with Crippen molar-refractivity contribution in [1.82, 2.24) is 10.2 Å². The van der Waals surface area contributed by atoms with Gasteiger partial charge in [-0.05, 0) is 6.92 Å². The van der Waals surface area contributed by atoms with E-state index in [2.05, 4.69) is 5.32 Å². The molecule has 1 heterocycles. The van der Waals surface area contributed by atoms with Crippen LogP contribution in [0.2, 0.25) is 0 Å². The second-order valence-corrected chi connectivity index (χ2v) is 3.61. The minimum absolute atomic E-state index is 0.200. The molecule has 0 aliphatic carbocycles. The average Bonchev–Trinajstić information content (AvgIpc) is 2.28. The Balaban J connectivity index is 2.54. The van der Waals surface area contributed by atoms with Crippen molar-refractivity contribution in [2.45, 2.75) is 19.0 Å². The largest absolute Gasteiger partial charge is 0.480 e. The standard InChI is InChI=1S/C9H16N2O5/c1-6(8(13)14)10-9(15)11-2-3-16-5-7(11)4-12/h6-7,12H,2-5H2,1H3,(H,10,15)(H,13,14). The normalized spacial score (nSPS) is 22.6. The topological polar surface area (TPSA) is 99.1 Å². The Morgan fingerprint density at radius 2 is 2.31 bits per heavy atom. The van der Waals surface area contributed by atoms with Gasteiger partial charge in [-0.1, -0.05) is 0 Å². The highest BCUT2D eigenvalue weighted by Gasteiger charge is 2.28. The van der Waals surface area contributed by atoms with Gasteiger partial charge in [0.15, 0.2) is 0 Å². The van der Waals surface area contributed by atoms with Crippen LogP contribution in [0.1, 0.15) is 6.92 Å². The molecule has 0 bridgehead atoms. The van der Waals surface area contributed by atoms with Gasteiger partial charge in [0.25, 0.3) is 0 Å². The van der Waals surface area contributed by atoms with Crippen LogP contribution in [0.5, 0.6) is 0 Å². The molecule has 16 heavy (non-hydrogen) atoms. The summed E-state index contributed by atoms with van der Waals surface area (Å²) in [6.45, 7) is 2.20. The molecule has 0 saturated carbocycles. The number of carboxylic acids is 1. The SMILES string of the molecule is CC(NC(=O)N1CCOCC1CO)C(=O)O. The molecule has 1 fully saturated rings. The van der Waals surface area contributed by atoms with E-state index < -0.39 is 24.1 Å². The van der Waals surface area contributed by atoms with Crippen LogP contribution >= 0.6 is 0 Å². The monoisotopic (exact) mass is 232 g/mol. The van der Waals surface area contributed by atoms with Crippen molar-refractivity contribution in [2.75, 3.05) is 26.4 Å². The van der Waals surface area contributed by atoms with E-state index in [1.54, 1.807) is 0 Å². The number of carboxylic acid groups (broad SMARTS) is 1. The summed E-state index contributed by atoms with van der Waals surface area (Å²) in [6.07, 6.45) is 0. The summed E-state index contributed by atoms with van der Waals surface area (Å²) in [5.74, 6) is -1.10. The van der Waals surface area contributed by atoms with Gasteiger partial charge in [0.2, 0.25) is 0 Å². The molecular formula is C9H16N2O5. The molecule has 0 aromatic heterocycles. The summed E-state index contributed by atoms with van der Waals surface area (Å²) in [6, 6.07) is -1.85. The fraction of sp³-hybridized carbons (Fsp3) is 0.778. The van der Waals surface area contributed by atoms with Crippen molar-refractivity contribution in [2.24, 2.45) is 0 Å². The molecule has 3 N–H and O–H groups in total. The lowest BCUT2D eigenvalue weighted by Gasteiger charge is -2.34. The van der Waals surface area contributed by atoms with Gasteiger partial charge in [-0.25, -0.2) is 4.79 Å². The molecule has 0 aromatic carbocycles. The van der Waals surface area contributed by atoms with Gasteiger partial charge in [-0.15, -0.1) is 0 Å². The molecule has 0 aromatic rings. The van der Waals surface area contributed by atoms with E-state index in [0.29, 0.717) is 13.2 Å². The van der Waals surface area contributed by atoms with Crippen LogP contribution in [0.4, 0.5) is 4.79 Å². The van der Waals surface area contributed by atoms with E-state index in [0.717, 1.165) is 0 Å². The summed E-state index contributed by atoms with van der Waals surface area (Å²) in [4.78, 5) is 23.6. The molecule has 2 amide bonds. The van der Waals surface area contributed by atoms with E-state index in [1.807, 2.05) is 0 Å². The first-order valence-corrected chi connectivity index (χ1v) is 5.04. The maximum absolute atomic E-state index is 11.7. The lowest BCUT2D eigenvalue weighted by atomic mass is 10.2. The maximum atomic E-state index is 11.7. The molecule has 2 unspecified atom stereocenters. The van der Waals surface area contributed by atoms with Crippen LogP contribution in [0, 0.1) is 0 Å². The van der Waals surface area contributed by atoms with Crippen molar-refractivity contribution in [3.8, 4) is 0 Å². The summed E-state index contributed by atoms with van der Waals surface area (Å²) in [5.41, 5.74) is 0. The fourth-order valence-corrected chi connectivity index (χ4v) is 1.40.